The monoisotopic (exact) mass is 304 g/mol. The first kappa shape index (κ1) is 13.8. The van der Waals surface area contributed by atoms with Gasteiger partial charge in [-0.1, -0.05) is 55.5 Å². The Labute approximate surface area is 134 Å². The SMILES string of the molecule is CC(c1ccccc1)c1ccc2cc3c(cc2c1)C(=O)OCO3. The maximum atomic E-state index is 11.9. The van der Waals surface area contributed by atoms with Gasteiger partial charge in [0.15, 0.2) is 0 Å². The lowest BCUT2D eigenvalue weighted by atomic mass is 9.91. The van der Waals surface area contributed by atoms with Gasteiger partial charge in [0.2, 0.25) is 6.79 Å². The highest BCUT2D eigenvalue weighted by molar-refractivity contribution is 5.99. The Morgan fingerprint density at radius 1 is 0.870 bits per heavy atom. The summed E-state index contributed by atoms with van der Waals surface area (Å²) in [4.78, 5) is 11.9. The number of hydrogen-bond donors (Lipinski definition) is 0. The van der Waals surface area contributed by atoms with Gasteiger partial charge < -0.3 is 9.47 Å². The molecule has 1 unspecified atom stereocenters. The molecule has 0 spiro atoms. The molecule has 114 valence electrons. The lowest BCUT2D eigenvalue weighted by molar-refractivity contribution is 0.00502. The Hall–Kier alpha value is -2.81. The summed E-state index contributed by atoms with van der Waals surface area (Å²) >= 11 is 0. The van der Waals surface area contributed by atoms with Crippen LogP contribution < -0.4 is 4.74 Å². The number of rotatable bonds is 2. The van der Waals surface area contributed by atoms with Gasteiger partial charge in [-0.3, -0.25) is 0 Å². The van der Waals surface area contributed by atoms with Crippen LogP contribution in [0.5, 0.6) is 5.75 Å². The minimum absolute atomic E-state index is 0.0134. The van der Waals surface area contributed by atoms with Crippen LogP contribution in [0.25, 0.3) is 10.8 Å². The molecule has 0 bridgehead atoms. The second kappa shape index (κ2) is 5.43. The molecular weight excluding hydrogens is 288 g/mol. The van der Waals surface area contributed by atoms with E-state index in [2.05, 4.69) is 49.4 Å². The van der Waals surface area contributed by atoms with E-state index in [1.54, 1.807) is 0 Å². The molecule has 0 saturated carbocycles. The van der Waals surface area contributed by atoms with E-state index in [4.69, 9.17) is 9.47 Å². The van der Waals surface area contributed by atoms with Gasteiger partial charge in [0.05, 0.1) is 0 Å². The molecule has 0 aromatic heterocycles. The van der Waals surface area contributed by atoms with Crippen LogP contribution in [0.15, 0.2) is 60.7 Å². The second-order valence-electron chi connectivity index (χ2n) is 5.78. The number of esters is 1. The average molecular weight is 304 g/mol. The molecule has 1 aliphatic heterocycles. The van der Waals surface area contributed by atoms with E-state index >= 15 is 0 Å². The minimum Gasteiger partial charge on any atom is -0.456 e. The topological polar surface area (TPSA) is 35.5 Å². The smallest absolute Gasteiger partial charge is 0.344 e. The van der Waals surface area contributed by atoms with Crippen LogP contribution in [0.3, 0.4) is 0 Å². The quantitative estimate of drug-likeness (QED) is 0.654. The molecule has 23 heavy (non-hydrogen) atoms. The van der Waals surface area contributed by atoms with E-state index < -0.39 is 0 Å². The average Bonchev–Trinajstić information content (AvgIpc) is 2.60. The molecule has 4 rings (SSSR count). The summed E-state index contributed by atoms with van der Waals surface area (Å²) < 4.78 is 10.3. The number of cyclic esters (lactones) is 1. The Kier molecular flexibility index (Phi) is 3.27. The molecule has 3 heteroatoms. The van der Waals surface area contributed by atoms with Gasteiger partial charge in [-0.2, -0.15) is 0 Å². The van der Waals surface area contributed by atoms with E-state index in [0.29, 0.717) is 17.2 Å². The van der Waals surface area contributed by atoms with Crippen molar-refractivity contribution in [1.29, 1.82) is 0 Å². The van der Waals surface area contributed by atoms with Gasteiger partial charge >= 0.3 is 5.97 Å². The number of benzene rings is 3. The Balaban J connectivity index is 1.80. The summed E-state index contributed by atoms with van der Waals surface area (Å²) in [6, 6.07) is 20.5. The summed E-state index contributed by atoms with van der Waals surface area (Å²) in [6.07, 6.45) is 0. The molecule has 1 aliphatic rings. The molecule has 0 aliphatic carbocycles. The fraction of sp³-hybridized carbons (Fsp3) is 0.150. The Morgan fingerprint density at radius 2 is 1.70 bits per heavy atom. The van der Waals surface area contributed by atoms with E-state index in [0.717, 1.165) is 10.8 Å². The van der Waals surface area contributed by atoms with E-state index in [1.807, 2.05) is 18.2 Å². The van der Waals surface area contributed by atoms with Crippen molar-refractivity contribution in [3.8, 4) is 5.75 Å². The molecule has 0 N–H and O–H groups in total. The third kappa shape index (κ3) is 2.44. The number of carbonyl (C=O) groups is 1. The third-order valence-electron chi connectivity index (χ3n) is 4.39. The van der Waals surface area contributed by atoms with Gasteiger partial charge in [-0.25, -0.2) is 4.79 Å². The van der Waals surface area contributed by atoms with Crippen LogP contribution in [0, 0.1) is 0 Å². The molecule has 3 nitrogen and oxygen atoms in total. The summed E-state index contributed by atoms with van der Waals surface area (Å²) in [6.45, 7) is 2.17. The Bertz CT molecular complexity index is 884. The van der Waals surface area contributed by atoms with Crippen molar-refractivity contribution in [2.24, 2.45) is 0 Å². The molecule has 1 atom stereocenters. The van der Waals surface area contributed by atoms with E-state index in [9.17, 15) is 4.79 Å². The van der Waals surface area contributed by atoms with Gasteiger partial charge in [0.1, 0.15) is 11.3 Å². The van der Waals surface area contributed by atoms with Crippen molar-refractivity contribution >= 4 is 16.7 Å². The Morgan fingerprint density at radius 3 is 2.52 bits per heavy atom. The molecule has 3 aromatic carbocycles. The zero-order valence-electron chi connectivity index (χ0n) is 12.8. The molecule has 0 fully saturated rings. The molecule has 1 heterocycles. The highest BCUT2D eigenvalue weighted by Gasteiger charge is 2.20. The van der Waals surface area contributed by atoms with E-state index in [1.165, 1.54) is 11.1 Å². The van der Waals surface area contributed by atoms with Crippen LogP contribution in [-0.4, -0.2) is 12.8 Å². The molecule has 0 radical (unpaired) electrons. The van der Waals surface area contributed by atoms with Crippen molar-refractivity contribution in [3.63, 3.8) is 0 Å². The maximum Gasteiger partial charge on any atom is 0.344 e. The van der Waals surface area contributed by atoms with Crippen molar-refractivity contribution < 1.29 is 14.3 Å². The highest BCUT2D eigenvalue weighted by atomic mass is 16.7. The van der Waals surface area contributed by atoms with Gasteiger partial charge in [-0.15, -0.1) is 0 Å². The first-order valence-electron chi connectivity index (χ1n) is 7.65. The van der Waals surface area contributed by atoms with Crippen LogP contribution >= 0.6 is 0 Å². The predicted molar refractivity (Wildman–Crippen MR) is 88.8 cm³/mol. The summed E-state index contributed by atoms with van der Waals surface area (Å²) in [7, 11) is 0. The lowest BCUT2D eigenvalue weighted by Crippen LogP contribution is -2.18. The minimum atomic E-state index is -0.324. The van der Waals surface area contributed by atoms with E-state index in [-0.39, 0.29) is 12.8 Å². The number of hydrogen-bond acceptors (Lipinski definition) is 3. The van der Waals surface area contributed by atoms with Crippen LogP contribution in [0.1, 0.15) is 34.3 Å². The zero-order chi connectivity index (χ0) is 15.8. The number of fused-ring (bicyclic) bond motifs is 2. The maximum absolute atomic E-state index is 11.9. The fourth-order valence-corrected chi connectivity index (χ4v) is 3.00. The van der Waals surface area contributed by atoms with Crippen LogP contribution in [0.4, 0.5) is 0 Å². The number of carbonyl (C=O) groups excluding carboxylic acids is 1. The lowest BCUT2D eigenvalue weighted by Gasteiger charge is -2.18. The standard InChI is InChI=1S/C20H16O3/c1-13(14-5-3-2-4-6-14)15-7-8-16-11-19-18(10-17(16)9-15)20(21)23-12-22-19/h2-11,13H,12H2,1H3. The van der Waals surface area contributed by atoms with Crippen molar-refractivity contribution in [1.82, 2.24) is 0 Å². The predicted octanol–water partition coefficient (Wildman–Crippen LogP) is 4.50. The summed E-state index contributed by atoms with van der Waals surface area (Å²) in [5.41, 5.74) is 2.98. The molecular formula is C20H16O3. The summed E-state index contributed by atoms with van der Waals surface area (Å²) in [5.74, 6) is 0.562. The summed E-state index contributed by atoms with van der Waals surface area (Å²) in [5, 5.41) is 2.08. The zero-order valence-corrected chi connectivity index (χ0v) is 12.8. The number of ether oxygens (including phenoxy) is 2. The normalized spacial score (nSPS) is 14.7. The fourth-order valence-electron chi connectivity index (χ4n) is 3.00. The molecule has 3 aromatic rings. The van der Waals surface area contributed by atoms with Crippen molar-refractivity contribution in [3.05, 3.63) is 77.4 Å². The third-order valence-corrected chi connectivity index (χ3v) is 4.39. The van der Waals surface area contributed by atoms with Crippen molar-refractivity contribution in [2.75, 3.05) is 6.79 Å². The molecule has 0 saturated heterocycles. The first-order valence-corrected chi connectivity index (χ1v) is 7.65. The van der Waals surface area contributed by atoms with Crippen LogP contribution in [0.2, 0.25) is 0 Å². The van der Waals surface area contributed by atoms with Crippen molar-refractivity contribution in [2.45, 2.75) is 12.8 Å². The molecule has 0 amide bonds. The van der Waals surface area contributed by atoms with Gasteiger partial charge in [-0.05, 0) is 34.0 Å². The van der Waals surface area contributed by atoms with Gasteiger partial charge in [0.25, 0.3) is 0 Å². The second-order valence-corrected chi connectivity index (χ2v) is 5.78. The largest absolute Gasteiger partial charge is 0.456 e. The first-order chi connectivity index (χ1) is 11.2. The van der Waals surface area contributed by atoms with Crippen LogP contribution in [-0.2, 0) is 4.74 Å². The van der Waals surface area contributed by atoms with Gasteiger partial charge in [0, 0.05) is 5.92 Å². The highest BCUT2D eigenvalue weighted by Crippen LogP contribution is 2.32.